The maximum absolute atomic E-state index is 13.2. The van der Waals surface area contributed by atoms with Crippen LogP contribution in [0.25, 0.3) is 6.08 Å². The van der Waals surface area contributed by atoms with E-state index in [1.165, 1.54) is 42.4 Å². The van der Waals surface area contributed by atoms with E-state index in [9.17, 15) is 19.7 Å². The number of allylic oxidation sites excluding steroid dienone is 1. The fourth-order valence-corrected chi connectivity index (χ4v) is 3.30. The monoisotopic (exact) mass is 432 g/mol. The molecule has 1 heterocycles. The third kappa shape index (κ3) is 3.87. The molecule has 0 unspecified atom stereocenters. The van der Waals surface area contributed by atoms with Crippen LogP contribution in [0.1, 0.15) is 12.5 Å². The van der Waals surface area contributed by atoms with E-state index in [0.717, 1.165) is 0 Å². The van der Waals surface area contributed by atoms with Crippen molar-refractivity contribution in [2.75, 3.05) is 12.0 Å². The predicted molar refractivity (Wildman–Crippen MR) is 110 cm³/mol. The molecule has 1 aliphatic rings. The van der Waals surface area contributed by atoms with E-state index >= 15 is 0 Å². The third-order valence-corrected chi connectivity index (χ3v) is 5.08. The van der Waals surface area contributed by atoms with Gasteiger partial charge >= 0.3 is 5.97 Å². The largest absolute Gasteiger partial charge is 0.465 e. The van der Waals surface area contributed by atoms with Gasteiger partial charge in [0.15, 0.2) is 0 Å². The van der Waals surface area contributed by atoms with Gasteiger partial charge in [0.25, 0.3) is 11.6 Å². The van der Waals surface area contributed by atoms with Crippen LogP contribution in [0.5, 0.6) is 0 Å². The first-order chi connectivity index (χ1) is 13.7. The number of halogens is 2. The molecule has 1 aliphatic heterocycles. The molecule has 0 radical (unpaired) electrons. The highest BCUT2D eigenvalue weighted by molar-refractivity contribution is 6.42. The zero-order valence-electron chi connectivity index (χ0n) is 15.3. The summed E-state index contributed by atoms with van der Waals surface area (Å²) in [6.07, 6.45) is 1.42. The average molecular weight is 433 g/mol. The molecular formula is C20H14Cl2N2O5. The molecule has 29 heavy (non-hydrogen) atoms. The van der Waals surface area contributed by atoms with Crippen LogP contribution in [0.3, 0.4) is 0 Å². The Morgan fingerprint density at radius 1 is 1.17 bits per heavy atom. The maximum Gasteiger partial charge on any atom is 0.340 e. The highest BCUT2D eigenvalue weighted by Crippen LogP contribution is 2.37. The SMILES string of the molecule is COC(=O)C1=C(C)N(c2ccc(Cl)c(Cl)c2)C(=O)/C1=C\c1cccc([N+](=O)[O-])c1. The Morgan fingerprint density at radius 3 is 2.52 bits per heavy atom. The number of nitrogens with zero attached hydrogens (tertiary/aromatic N) is 2. The van der Waals surface area contributed by atoms with Gasteiger partial charge in [-0.1, -0.05) is 35.3 Å². The van der Waals surface area contributed by atoms with Gasteiger partial charge in [-0.05, 0) is 36.8 Å². The Morgan fingerprint density at radius 2 is 1.90 bits per heavy atom. The lowest BCUT2D eigenvalue weighted by Crippen LogP contribution is -2.24. The zero-order valence-corrected chi connectivity index (χ0v) is 16.8. The number of hydrogen-bond donors (Lipinski definition) is 0. The van der Waals surface area contributed by atoms with Gasteiger partial charge in [0.2, 0.25) is 0 Å². The Hall–Kier alpha value is -3.16. The van der Waals surface area contributed by atoms with Gasteiger partial charge in [-0.25, -0.2) is 4.79 Å². The van der Waals surface area contributed by atoms with E-state index in [1.807, 2.05) is 0 Å². The highest BCUT2D eigenvalue weighted by Gasteiger charge is 2.38. The molecule has 3 rings (SSSR count). The molecule has 0 aromatic heterocycles. The summed E-state index contributed by atoms with van der Waals surface area (Å²) in [5.41, 5.74) is 1.15. The van der Waals surface area contributed by atoms with Crippen molar-refractivity contribution in [1.82, 2.24) is 0 Å². The minimum absolute atomic E-state index is 0.0564. The number of rotatable bonds is 4. The summed E-state index contributed by atoms with van der Waals surface area (Å²) in [6, 6.07) is 10.4. The number of esters is 1. The van der Waals surface area contributed by atoms with Gasteiger partial charge in [-0.15, -0.1) is 0 Å². The van der Waals surface area contributed by atoms with Crippen molar-refractivity contribution in [2.24, 2.45) is 0 Å². The van der Waals surface area contributed by atoms with Gasteiger partial charge in [-0.3, -0.25) is 19.8 Å². The summed E-state index contributed by atoms with van der Waals surface area (Å²) < 4.78 is 4.84. The highest BCUT2D eigenvalue weighted by atomic mass is 35.5. The smallest absolute Gasteiger partial charge is 0.340 e. The number of nitro benzene ring substituents is 1. The fourth-order valence-electron chi connectivity index (χ4n) is 3.01. The predicted octanol–water partition coefficient (Wildman–Crippen LogP) is 4.78. The van der Waals surface area contributed by atoms with Crippen LogP contribution >= 0.6 is 23.2 Å². The van der Waals surface area contributed by atoms with Gasteiger partial charge in [0.1, 0.15) is 0 Å². The molecule has 2 aromatic carbocycles. The second-order valence-electron chi connectivity index (χ2n) is 6.10. The van der Waals surface area contributed by atoms with Crippen LogP contribution < -0.4 is 4.90 Å². The van der Waals surface area contributed by atoms with E-state index in [0.29, 0.717) is 22.0 Å². The van der Waals surface area contributed by atoms with Gasteiger partial charge < -0.3 is 4.74 Å². The molecule has 2 aromatic rings. The normalized spacial score (nSPS) is 15.2. The molecule has 0 aliphatic carbocycles. The van der Waals surface area contributed by atoms with Crippen LogP contribution in [-0.4, -0.2) is 23.9 Å². The molecule has 9 heteroatoms. The molecule has 148 valence electrons. The van der Waals surface area contributed by atoms with Crippen molar-refractivity contribution >= 4 is 52.5 Å². The summed E-state index contributed by atoms with van der Waals surface area (Å²) in [5.74, 6) is -1.19. The van der Waals surface area contributed by atoms with Crippen LogP contribution in [-0.2, 0) is 14.3 Å². The molecule has 0 N–H and O–H groups in total. The lowest BCUT2D eigenvalue weighted by atomic mass is 10.0. The lowest BCUT2D eigenvalue weighted by Gasteiger charge is -2.18. The fraction of sp³-hybridized carbons (Fsp3) is 0.100. The summed E-state index contributed by atoms with van der Waals surface area (Å²) in [5, 5.41) is 11.6. The van der Waals surface area contributed by atoms with Gasteiger partial charge in [0.05, 0.1) is 38.9 Å². The number of ether oxygens (including phenoxy) is 1. The number of nitro groups is 1. The minimum atomic E-state index is -0.699. The second kappa shape index (κ2) is 8.06. The number of benzene rings is 2. The quantitative estimate of drug-likeness (QED) is 0.300. The Kier molecular flexibility index (Phi) is 5.72. The van der Waals surface area contributed by atoms with Crippen LogP contribution in [0.15, 0.2) is 59.3 Å². The number of non-ortho nitro benzene ring substituents is 1. The average Bonchev–Trinajstić information content (AvgIpc) is 2.93. The lowest BCUT2D eigenvalue weighted by molar-refractivity contribution is -0.384. The van der Waals surface area contributed by atoms with Crippen molar-refractivity contribution in [2.45, 2.75) is 6.92 Å². The Labute approximate surface area is 175 Å². The number of amides is 1. The molecule has 0 atom stereocenters. The number of hydrogen-bond acceptors (Lipinski definition) is 5. The van der Waals surface area contributed by atoms with Gasteiger partial charge in [0, 0.05) is 17.8 Å². The molecule has 0 bridgehead atoms. The maximum atomic E-state index is 13.2. The van der Waals surface area contributed by atoms with Crippen molar-refractivity contribution < 1.29 is 19.2 Å². The van der Waals surface area contributed by atoms with E-state index < -0.39 is 16.8 Å². The standard InChI is InChI=1S/C20H14Cl2N2O5/c1-11-18(20(26)29-2)15(9-12-4-3-5-14(8-12)24(27)28)19(25)23(11)13-6-7-16(21)17(22)10-13/h3-10H,1-2H3/b15-9-. The topological polar surface area (TPSA) is 89.8 Å². The Bertz CT molecular complexity index is 1110. The number of anilines is 1. The van der Waals surface area contributed by atoms with E-state index in [1.54, 1.807) is 25.1 Å². The summed E-state index contributed by atoms with van der Waals surface area (Å²) >= 11 is 12.0. The summed E-state index contributed by atoms with van der Waals surface area (Å²) in [6.45, 7) is 1.60. The van der Waals surface area contributed by atoms with Crippen molar-refractivity contribution in [3.8, 4) is 0 Å². The molecule has 0 fully saturated rings. The van der Waals surface area contributed by atoms with E-state index in [-0.39, 0.29) is 21.9 Å². The van der Waals surface area contributed by atoms with E-state index in [2.05, 4.69) is 0 Å². The first-order valence-corrected chi connectivity index (χ1v) is 9.05. The van der Waals surface area contributed by atoms with Crippen molar-refractivity contribution in [1.29, 1.82) is 0 Å². The summed E-state index contributed by atoms with van der Waals surface area (Å²) in [4.78, 5) is 37.4. The van der Waals surface area contributed by atoms with Crippen molar-refractivity contribution in [3.63, 3.8) is 0 Å². The van der Waals surface area contributed by atoms with Crippen molar-refractivity contribution in [3.05, 3.63) is 85.0 Å². The van der Waals surface area contributed by atoms with Crippen LogP contribution in [0.2, 0.25) is 10.0 Å². The van der Waals surface area contributed by atoms with Crippen LogP contribution in [0.4, 0.5) is 11.4 Å². The van der Waals surface area contributed by atoms with E-state index in [4.69, 9.17) is 27.9 Å². The molecule has 1 amide bonds. The first-order valence-electron chi connectivity index (χ1n) is 8.29. The molecule has 7 nitrogen and oxygen atoms in total. The number of methoxy groups -OCH3 is 1. The molecule has 0 saturated heterocycles. The number of carbonyl (C=O) groups excluding carboxylic acids is 2. The summed E-state index contributed by atoms with van der Waals surface area (Å²) in [7, 11) is 1.21. The molecular weight excluding hydrogens is 419 g/mol. The van der Waals surface area contributed by atoms with Crippen LogP contribution in [0, 0.1) is 10.1 Å². The second-order valence-corrected chi connectivity index (χ2v) is 6.92. The number of carbonyl (C=O) groups is 2. The molecule has 0 saturated carbocycles. The minimum Gasteiger partial charge on any atom is -0.465 e. The zero-order chi connectivity index (χ0) is 21.3. The first kappa shape index (κ1) is 20.6. The third-order valence-electron chi connectivity index (χ3n) is 4.34. The van der Waals surface area contributed by atoms with Gasteiger partial charge in [-0.2, -0.15) is 0 Å². The Balaban J connectivity index is 2.15. The molecule has 0 spiro atoms.